The fraction of sp³-hybridized carbons (Fsp3) is 0.636. The maximum absolute atomic E-state index is 13.4. The van der Waals surface area contributed by atoms with Crippen molar-refractivity contribution in [3.8, 4) is 0 Å². The van der Waals surface area contributed by atoms with Crippen LogP contribution in [0.1, 0.15) is 58.8 Å². The smallest absolute Gasteiger partial charge is 0.230 e. The maximum atomic E-state index is 13.4. The Bertz CT molecular complexity index is 732. The van der Waals surface area contributed by atoms with Gasteiger partial charge in [-0.25, -0.2) is 0 Å². The Morgan fingerprint density at radius 1 is 1.14 bits per heavy atom. The highest BCUT2D eigenvalue weighted by Crippen LogP contribution is 2.43. The lowest BCUT2D eigenvalue weighted by molar-refractivity contribution is -0.128. The second-order valence-corrected chi connectivity index (χ2v) is 10.6. The molecule has 0 aromatic heterocycles. The fourth-order valence-corrected chi connectivity index (χ4v) is 5.12. The van der Waals surface area contributed by atoms with Crippen LogP contribution in [0.25, 0.3) is 0 Å². The van der Waals surface area contributed by atoms with E-state index in [9.17, 15) is 9.59 Å². The SMILES string of the molecule is CC(C)CCC1(C(=O)Nc2cc(Cl)c(Cl)cc2SC(=O)CN(C)C)CCCCC1. The first-order valence-corrected chi connectivity index (χ1v) is 11.9. The van der Waals surface area contributed by atoms with Gasteiger partial charge in [-0.3, -0.25) is 9.59 Å². The molecule has 162 valence electrons. The molecule has 0 spiro atoms. The van der Waals surface area contributed by atoms with Crippen LogP contribution in [0.4, 0.5) is 5.69 Å². The minimum atomic E-state index is -0.343. The number of nitrogens with one attached hydrogen (secondary N) is 1. The second-order valence-electron chi connectivity index (χ2n) is 8.70. The summed E-state index contributed by atoms with van der Waals surface area (Å²) in [5, 5.41) is 3.82. The fourth-order valence-electron chi connectivity index (χ4n) is 3.76. The van der Waals surface area contributed by atoms with Gasteiger partial charge in [-0.2, -0.15) is 0 Å². The number of anilines is 1. The highest BCUT2D eigenvalue weighted by atomic mass is 35.5. The topological polar surface area (TPSA) is 49.4 Å². The van der Waals surface area contributed by atoms with E-state index in [1.165, 1.54) is 6.42 Å². The Morgan fingerprint density at radius 2 is 1.76 bits per heavy atom. The highest BCUT2D eigenvalue weighted by Gasteiger charge is 2.39. The predicted octanol–water partition coefficient (Wildman–Crippen LogP) is 6.50. The van der Waals surface area contributed by atoms with E-state index in [0.717, 1.165) is 50.3 Å². The quantitative estimate of drug-likeness (QED) is 0.451. The lowest BCUT2D eigenvalue weighted by atomic mass is 9.69. The summed E-state index contributed by atoms with van der Waals surface area (Å²) < 4.78 is 0. The molecule has 0 unspecified atom stereocenters. The van der Waals surface area contributed by atoms with Crippen molar-refractivity contribution in [2.24, 2.45) is 11.3 Å². The van der Waals surface area contributed by atoms with Crippen molar-refractivity contribution in [2.75, 3.05) is 26.0 Å². The normalized spacial score (nSPS) is 16.3. The van der Waals surface area contributed by atoms with Crippen molar-refractivity contribution in [3.05, 3.63) is 22.2 Å². The summed E-state index contributed by atoms with van der Waals surface area (Å²) in [6.07, 6.45) is 7.08. The summed E-state index contributed by atoms with van der Waals surface area (Å²) in [6.45, 7) is 4.69. The van der Waals surface area contributed by atoms with Crippen molar-refractivity contribution in [1.29, 1.82) is 0 Å². The minimum Gasteiger partial charge on any atom is -0.325 e. The molecule has 0 radical (unpaired) electrons. The number of thioether (sulfide) groups is 1. The number of likely N-dealkylation sites (N-methyl/N-ethyl adjacent to an activating group) is 1. The molecule has 29 heavy (non-hydrogen) atoms. The van der Waals surface area contributed by atoms with E-state index >= 15 is 0 Å². The number of halogens is 2. The number of nitrogens with zero attached hydrogens (tertiary/aromatic N) is 1. The van der Waals surface area contributed by atoms with Crippen LogP contribution in [-0.4, -0.2) is 36.6 Å². The molecule has 0 bridgehead atoms. The van der Waals surface area contributed by atoms with Crippen LogP contribution in [0, 0.1) is 11.3 Å². The monoisotopic (exact) mass is 458 g/mol. The first-order valence-electron chi connectivity index (χ1n) is 10.3. The average molecular weight is 459 g/mol. The molecule has 1 saturated carbocycles. The average Bonchev–Trinajstić information content (AvgIpc) is 2.64. The van der Waals surface area contributed by atoms with E-state index in [4.69, 9.17) is 23.2 Å². The van der Waals surface area contributed by atoms with Gasteiger partial charge in [0.05, 0.1) is 22.3 Å². The molecule has 1 amide bonds. The zero-order valence-corrected chi connectivity index (χ0v) is 20.1. The van der Waals surface area contributed by atoms with Gasteiger partial charge in [-0.05, 0) is 69.6 Å². The van der Waals surface area contributed by atoms with Crippen LogP contribution in [0.5, 0.6) is 0 Å². The van der Waals surface area contributed by atoms with Crippen molar-refractivity contribution >= 4 is 51.7 Å². The Hall–Kier alpha value is -0.750. The molecule has 7 heteroatoms. The summed E-state index contributed by atoms with van der Waals surface area (Å²) in [5.41, 5.74) is 0.223. The number of amides is 1. The number of carbonyl (C=O) groups excluding carboxylic acids is 2. The van der Waals surface area contributed by atoms with Crippen molar-refractivity contribution in [2.45, 2.75) is 63.7 Å². The van der Waals surface area contributed by atoms with Gasteiger partial charge in [-0.15, -0.1) is 0 Å². The Kier molecular flexibility index (Phi) is 9.33. The van der Waals surface area contributed by atoms with Gasteiger partial charge in [0.1, 0.15) is 0 Å². The summed E-state index contributed by atoms with van der Waals surface area (Å²) in [4.78, 5) is 28.2. The maximum Gasteiger partial charge on any atom is 0.230 e. The molecular weight excluding hydrogens is 427 g/mol. The third-order valence-corrected chi connectivity index (χ3v) is 7.07. The van der Waals surface area contributed by atoms with Gasteiger partial charge in [-0.1, -0.05) is 56.3 Å². The second kappa shape index (κ2) is 11.0. The van der Waals surface area contributed by atoms with Crippen LogP contribution < -0.4 is 5.32 Å². The molecule has 0 aliphatic heterocycles. The molecule has 1 aliphatic carbocycles. The number of rotatable bonds is 8. The standard InChI is InChI=1S/C22H32Cl2N2O2S/c1-15(2)8-11-22(9-6-5-7-10-22)21(28)25-18-12-16(23)17(24)13-19(18)29-20(27)14-26(3)4/h12-13,15H,5-11,14H2,1-4H3,(H,25,28). The van der Waals surface area contributed by atoms with Crippen molar-refractivity contribution in [1.82, 2.24) is 4.90 Å². The van der Waals surface area contributed by atoms with Gasteiger partial charge < -0.3 is 10.2 Å². The summed E-state index contributed by atoms with van der Waals surface area (Å²) >= 11 is 13.5. The molecule has 0 heterocycles. The molecule has 1 aromatic rings. The van der Waals surface area contributed by atoms with Crippen LogP contribution in [0.3, 0.4) is 0 Å². The first kappa shape index (κ1) is 24.5. The predicted molar refractivity (Wildman–Crippen MR) is 124 cm³/mol. The third-order valence-electron chi connectivity index (χ3n) is 5.43. The molecule has 1 aromatic carbocycles. The number of hydrogen-bond acceptors (Lipinski definition) is 4. The summed E-state index contributed by atoms with van der Waals surface area (Å²) in [5.74, 6) is 0.597. The Morgan fingerprint density at radius 3 is 2.34 bits per heavy atom. The first-order chi connectivity index (χ1) is 13.6. The molecule has 1 fully saturated rings. The molecule has 1 aliphatic rings. The largest absolute Gasteiger partial charge is 0.325 e. The van der Waals surface area contributed by atoms with Crippen molar-refractivity contribution in [3.63, 3.8) is 0 Å². The van der Waals surface area contributed by atoms with E-state index < -0.39 is 0 Å². The van der Waals surface area contributed by atoms with E-state index in [-0.39, 0.29) is 16.4 Å². The highest BCUT2D eigenvalue weighted by molar-refractivity contribution is 8.13. The van der Waals surface area contributed by atoms with Crippen LogP contribution in [0.15, 0.2) is 17.0 Å². The molecule has 4 nitrogen and oxygen atoms in total. The van der Waals surface area contributed by atoms with Crippen LogP contribution in [0.2, 0.25) is 10.0 Å². The van der Waals surface area contributed by atoms with E-state index in [1.54, 1.807) is 12.1 Å². The number of carbonyl (C=O) groups is 2. The molecule has 0 saturated heterocycles. The van der Waals surface area contributed by atoms with Crippen molar-refractivity contribution < 1.29 is 9.59 Å². The lowest BCUT2D eigenvalue weighted by Crippen LogP contribution is -2.38. The third kappa shape index (κ3) is 7.16. The van der Waals surface area contributed by atoms with Gasteiger partial charge in [0.2, 0.25) is 11.0 Å². The Balaban J connectivity index is 2.26. The zero-order chi connectivity index (χ0) is 21.6. The van der Waals surface area contributed by atoms with Gasteiger partial charge >= 0.3 is 0 Å². The van der Waals surface area contributed by atoms with Gasteiger partial charge in [0.15, 0.2) is 0 Å². The Labute approximate surface area is 189 Å². The van der Waals surface area contributed by atoms with E-state index in [2.05, 4.69) is 19.2 Å². The zero-order valence-electron chi connectivity index (χ0n) is 17.8. The summed E-state index contributed by atoms with van der Waals surface area (Å²) in [6, 6.07) is 3.32. The molecule has 0 atom stereocenters. The number of hydrogen-bond donors (Lipinski definition) is 1. The van der Waals surface area contributed by atoms with Crippen LogP contribution >= 0.6 is 35.0 Å². The van der Waals surface area contributed by atoms with Gasteiger partial charge in [0, 0.05) is 10.3 Å². The van der Waals surface area contributed by atoms with Gasteiger partial charge in [0.25, 0.3) is 0 Å². The summed E-state index contributed by atoms with van der Waals surface area (Å²) in [7, 11) is 3.69. The lowest BCUT2D eigenvalue weighted by Gasteiger charge is -2.36. The number of benzene rings is 1. The molecule has 1 N–H and O–H groups in total. The molecular formula is C22H32Cl2N2O2S. The van der Waals surface area contributed by atoms with E-state index in [1.807, 2.05) is 19.0 Å². The minimum absolute atomic E-state index is 0.0175. The van der Waals surface area contributed by atoms with Crippen LogP contribution in [-0.2, 0) is 9.59 Å². The van der Waals surface area contributed by atoms with E-state index in [0.29, 0.717) is 33.1 Å². The molecule has 2 rings (SSSR count).